The van der Waals surface area contributed by atoms with Crippen molar-refractivity contribution < 1.29 is 9.53 Å². The lowest BCUT2D eigenvalue weighted by molar-refractivity contribution is -0.122. The smallest absolute Gasteiger partial charge is 0.265 e. The summed E-state index contributed by atoms with van der Waals surface area (Å²) in [6.45, 7) is 10.3. The minimum absolute atomic E-state index is 0.182. The van der Waals surface area contributed by atoms with E-state index < -0.39 is 6.10 Å². The van der Waals surface area contributed by atoms with Crippen molar-refractivity contribution in [2.24, 2.45) is 0 Å². The molecular weight excluding hydrogens is 416 g/mol. The largest absolute Gasteiger partial charge is 0.481 e. The highest BCUT2D eigenvalue weighted by Crippen LogP contribution is 2.31. The molecule has 1 heterocycles. The second-order valence-electron chi connectivity index (χ2n) is 8.49. The van der Waals surface area contributed by atoms with Gasteiger partial charge in [-0.2, -0.15) is 0 Å². The zero-order chi connectivity index (χ0) is 22.8. The zero-order valence-corrected chi connectivity index (χ0v) is 19.9. The maximum atomic E-state index is 12.6. The molecule has 1 unspecified atom stereocenters. The van der Waals surface area contributed by atoms with Crippen molar-refractivity contribution in [3.63, 3.8) is 0 Å². The Balaban J connectivity index is 1.41. The molecule has 0 aliphatic heterocycles. The Labute approximate surface area is 193 Å². The van der Waals surface area contributed by atoms with Gasteiger partial charge in [-0.05, 0) is 91.9 Å². The standard InChI is InChI=1S/C27H28N2O2S/c1-16(2)23-12-11-22(15-18(23)4)31-19(5)26(30)28-21-9-7-20(8-10-21)27-29-24-13-6-17(3)14-25(24)32-27/h6-16,19H,1-5H3,(H,28,30). The summed E-state index contributed by atoms with van der Waals surface area (Å²) in [6.07, 6.45) is -0.605. The van der Waals surface area contributed by atoms with E-state index in [-0.39, 0.29) is 5.91 Å². The molecule has 1 aromatic heterocycles. The SMILES string of the molecule is Cc1ccc2nc(-c3ccc(NC(=O)C(C)Oc4ccc(C(C)C)c(C)c4)cc3)sc2c1. The third kappa shape index (κ3) is 4.83. The molecule has 4 rings (SSSR count). The number of rotatable bonds is 6. The van der Waals surface area contributed by atoms with Gasteiger partial charge in [-0.25, -0.2) is 4.98 Å². The summed E-state index contributed by atoms with van der Waals surface area (Å²) in [6, 6.07) is 20.1. The molecule has 1 atom stereocenters. The fourth-order valence-corrected chi connectivity index (χ4v) is 4.79. The fraction of sp³-hybridized carbons (Fsp3) is 0.259. The first kappa shape index (κ1) is 22.0. The summed E-state index contributed by atoms with van der Waals surface area (Å²) in [7, 11) is 0. The van der Waals surface area contributed by atoms with E-state index in [9.17, 15) is 4.79 Å². The average Bonchev–Trinajstić information content (AvgIpc) is 3.17. The molecule has 0 aliphatic rings. The number of nitrogens with one attached hydrogen (secondary N) is 1. The number of fused-ring (bicyclic) bond motifs is 1. The van der Waals surface area contributed by atoms with Crippen molar-refractivity contribution in [3.8, 4) is 16.3 Å². The summed E-state index contributed by atoms with van der Waals surface area (Å²) < 4.78 is 7.06. The molecule has 1 amide bonds. The quantitative estimate of drug-likeness (QED) is 0.345. The van der Waals surface area contributed by atoms with Gasteiger partial charge < -0.3 is 10.1 Å². The molecule has 4 nitrogen and oxygen atoms in total. The lowest BCUT2D eigenvalue weighted by Crippen LogP contribution is -2.30. The molecule has 0 aliphatic carbocycles. The number of ether oxygens (including phenoxy) is 1. The Morgan fingerprint density at radius 3 is 2.41 bits per heavy atom. The second-order valence-corrected chi connectivity index (χ2v) is 9.52. The average molecular weight is 445 g/mol. The Kier molecular flexibility index (Phi) is 6.28. The van der Waals surface area contributed by atoms with Gasteiger partial charge in [-0.3, -0.25) is 4.79 Å². The molecule has 0 spiro atoms. The lowest BCUT2D eigenvalue weighted by Gasteiger charge is -2.17. The molecular formula is C27H28N2O2S. The molecule has 5 heteroatoms. The number of aromatic nitrogens is 1. The van der Waals surface area contributed by atoms with Gasteiger partial charge in [-0.1, -0.05) is 26.0 Å². The van der Waals surface area contributed by atoms with Crippen LogP contribution in [-0.2, 0) is 4.79 Å². The van der Waals surface area contributed by atoms with Crippen LogP contribution in [0.4, 0.5) is 5.69 Å². The third-order valence-electron chi connectivity index (χ3n) is 5.49. The van der Waals surface area contributed by atoms with Crippen LogP contribution in [0.5, 0.6) is 5.75 Å². The van der Waals surface area contributed by atoms with E-state index in [1.807, 2.05) is 36.4 Å². The lowest BCUT2D eigenvalue weighted by atomic mass is 9.98. The van der Waals surface area contributed by atoms with Crippen LogP contribution in [0.3, 0.4) is 0 Å². The first-order valence-corrected chi connectivity index (χ1v) is 11.7. The predicted molar refractivity (Wildman–Crippen MR) is 134 cm³/mol. The van der Waals surface area contributed by atoms with E-state index in [1.165, 1.54) is 21.4 Å². The van der Waals surface area contributed by atoms with Gasteiger partial charge >= 0.3 is 0 Å². The maximum absolute atomic E-state index is 12.6. The number of carbonyl (C=O) groups excluding carboxylic acids is 1. The summed E-state index contributed by atoms with van der Waals surface area (Å²) in [4.78, 5) is 17.4. The maximum Gasteiger partial charge on any atom is 0.265 e. The van der Waals surface area contributed by atoms with Gasteiger partial charge in [0.05, 0.1) is 10.2 Å². The molecule has 0 bridgehead atoms. The van der Waals surface area contributed by atoms with Crippen LogP contribution in [0, 0.1) is 13.8 Å². The zero-order valence-electron chi connectivity index (χ0n) is 19.1. The number of hydrogen-bond acceptors (Lipinski definition) is 4. The number of aryl methyl sites for hydroxylation is 2. The molecule has 0 saturated heterocycles. The van der Waals surface area contributed by atoms with Crippen molar-refractivity contribution in [2.45, 2.75) is 46.6 Å². The second kappa shape index (κ2) is 9.13. The third-order valence-corrected chi connectivity index (χ3v) is 6.56. The van der Waals surface area contributed by atoms with Crippen molar-refractivity contribution in [1.29, 1.82) is 0 Å². The Morgan fingerprint density at radius 1 is 0.969 bits per heavy atom. The van der Waals surface area contributed by atoms with Gasteiger partial charge in [0.15, 0.2) is 6.10 Å². The molecule has 3 aromatic carbocycles. The van der Waals surface area contributed by atoms with Crippen LogP contribution in [-0.4, -0.2) is 17.0 Å². The molecule has 1 N–H and O–H groups in total. The van der Waals surface area contributed by atoms with Crippen LogP contribution >= 0.6 is 11.3 Å². The van der Waals surface area contributed by atoms with E-state index in [0.717, 1.165) is 21.8 Å². The topological polar surface area (TPSA) is 51.2 Å². The Bertz CT molecular complexity index is 1260. The molecule has 164 valence electrons. The fourth-order valence-electron chi connectivity index (χ4n) is 3.72. The summed E-state index contributed by atoms with van der Waals surface area (Å²) in [5.74, 6) is 0.981. The van der Waals surface area contributed by atoms with E-state index in [0.29, 0.717) is 11.7 Å². The van der Waals surface area contributed by atoms with Crippen LogP contribution in [0.25, 0.3) is 20.8 Å². The first-order valence-electron chi connectivity index (χ1n) is 10.9. The van der Waals surface area contributed by atoms with Crippen molar-refractivity contribution in [3.05, 3.63) is 77.4 Å². The molecule has 0 saturated carbocycles. The first-order chi connectivity index (χ1) is 15.3. The van der Waals surface area contributed by atoms with Crippen LogP contribution in [0.15, 0.2) is 60.7 Å². The summed E-state index contributed by atoms with van der Waals surface area (Å²) >= 11 is 1.68. The van der Waals surface area contributed by atoms with Gasteiger partial charge in [-0.15, -0.1) is 11.3 Å². The molecule has 0 radical (unpaired) electrons. The van der Waals surface area contributed by atoms with Gasteiger partial charge in [0.25, 0.3) is 5.91 Å². The van der Waals surface area contributed by atoms with Gasteiger partial charge in [0.1, 0.15) is 10.8 Å². The summed E-state index contributed by atoms with van der Waals surface area (Å²) in [5, 5.41) is 3.91. The van der Waals surface area contributed by atoms with Gasteiger partial charge in [0, 0.05) is 11.3 Å². The Hall–Kier alpha value is -3.18. The van der Waals surface area contributed by atoms with E-state index in [1.54, 1.807) is 18.3 Å². The van der Waals surface area contributed by atoms with E-state index in [4.69, 9.17) is 9.72 Å². The number of carbonyl (C=O) groups is 1. The minimum Gasteiger partial charge on any atom is -0.481 e. The van der Waals surface area contributed by atoms with Crippen molar-refractivity contribution >= 4 is 33.1 Å². The number of thiazole rings is 1. The number of benzene rings is 3. The molecule has 0 fully saturated rings. The normalized spacial score (nSPS) is 12.2. The monoisotopic (exact) mass is 444 g/mol. The minimum atomic E-state index is -0.605. The predicted octanol–water partition coefficient (Wildman–Crippen LogP) is 7.11. The number of amides is 1. The Morgan fingerprint density at radius 2 is 1.72 bits per heavy atom. The highest BCUT2D eigenvalue weighted by Gasteiger charge is 2.16. The van der Waals surface area contributed by atoms with E-state index >= 15 is 0 Å². The van der Waals surface area contributed by atoms with Crippen molar-refractivity contribution in [2.75, 3.05) is 5.32 Å². The summed E-state index contributed by atoms with van der Waals surface area (Å²) in [5.41, 5.74) is 6.47. The van der Waals surface area contributed by atoms with Crippen LogP contribution in [0.2, 0.25) is 0 Å². The molecule has 32 heavy (non-hydrogen) atoms. The number of anilines is 1. The molecule has 4 aromatic rings. The number of hydrogen-bond donors (Lipinski definition) is 1. The van der Waals surface area contributed by atoms with E-state index in [2.05, 4.69) is 57.3 Å². The highest BCUT2D eigenvalue weighted by atomic mass is 32.1. The number of nitrogens with zero attached hydrogens (tertiary/aromatic N) is 1. The van der Waals surface area contributed by atoms with Crippen molar-refractivity contribution in [1.82, 2.24) is 4.98 Å². The van der Waals surface area contributed by atoms with Gasteiger partial charge in [0.2, 0.25) is 0 Å². The van der Waals surface area contributed by atoms with Crippen LogP contribution < -0.4 is 10.1 Å². The highest BCUT2D eigenvalue weighted by molar-refractivity contribution is 7.21. The van der Waals surface area contributed by atoms with Crippen LogP contribution in [0.1, 0.15) is 43.4 Å².